The first-order valence-electron chi connectivity index (χ1n) is 9.00. The Labute approximate surface area is 164 Å². The Morgan fingerprint density at radius 1 is 1.11 bits per heavy atom. The van der Waals surface area contributed by atoms with Crippen molar-refractivity contribution in [1.82, 2.24) is 10.2 Å². The molecular weight excluding hydrogens is 378 g/mol. The van der Waals surface area contributed by atoms with Crippen molar-refractivity contribution in [3.8, 4) is 0 Å². The Morgan fingerprint density at radius 2 is 1.86 bits per heavy atom. The molecule has 3 amide bonds. The first-order valence-corrected chi connectivity index (χ1v) is 10.8. The number of nitrogens with zero attached hydrogens (tertiary/aromatic N) is 1. The third-order valence-corrected chi connectivity index (χ3v) is 6.31. The van der Waals surface area contributed by atoms with Crippen LogP contribution < -0.4 is 10.6 Å². The van der Waals surface area contributed by atoms with Crippen LogP contribution in [-0.4, -0.2) is 49.9 Å². The Balaban J connectivity index is 1.60. The van der Waals surface area contributed by atoms with Gasteiger partial charge in [0.2, 0.25) is 0 Å². The lowest BCUT2D eigenvalue weighted by Crippen LogP contribution is -2.38. The van der Waals surface area contributed by atoms with Crippen LogP contribution >= 0.6 is 0 Å². The van der Waals surface area contributed by atoms with Gasteiger partial charge in [-0.2, -0.15) is 0 Å². The molecular formula is C20H23N3O4S. The Hall–Kier alpha value is -2.87. The quantitative estimate of drug-likeness (QED) is 0.803. The van der Waals surface area contributed by atoms with E-state index in [1.807, 2.05) is 30.3 Å². The summed E-state index contributed by atoms with van der Waals surface area (Å²) in [5.41, 5.74) is 1.95. The molecule has 0 aliphatic carbocycles. The van der Waals surface area contributed by atoms with Gasteiger partial charge >= 0.3 is 6.03 Å². The number of anilines is 1. The summed E-state index contributed by atoms with van der Waals surface area (Å²) in [7, 11) is -1.34. The first kappa shape index (κ1) is 19.9. The van der Waals surface area contributed by atoms with E-state index in [1.165, 1.54) is 0 Å². The van der Waals surface area contributed by atoms with Crippen LogP contribution in [-0.2, 0) is 16.4 Å². The van der Waals surface area contributed by atoms with Crippen LogP contribution in [0.15, 0.2) is 54.6 Å². The zero-order valence-corrected chi connectivity index (χ0v) is 16.4. The van der Waals surface area contributed by atoms with Crippen LogP contribution in [0.3, 0.4) is 0 Å². The normalized spacial score (nSPS) is 17.7. The molecule has 28 heavy (non-hydrogen) atoms. The third kappa shape index (κ3) is 5.32. The number of amides is 3. The van der Waals surface area contributed by atoms with Crippen molar-refractivity contribution in [2.24, 2.45) is 0 Å². The molecule has 0 aromatic heterocycles. The second-order valence-corrected chi connectivity index (χ2v) is 9.15. The van der Waals surface area contributed by atoms with Crippen molar-refractivity contribution in [3.63, 3.8) is 0 Å². The highest BCUT2D eigenvalue weighted by Crippen LogP contribution is 2.15. The molecule has 7 nitrogen and oxygen atoms in total. The van der Waals surface area contributed by atoms with E-state index in [4.69, 9.17) is 0 Å². The molecule has 0 radical (unpaired) electrons. The summed E-state index contributed by atoms with van der Waals surface area (Å²) in [4.78, 5) is 26.4. The van der Waals surface area contributed by atoms with Gasteiger partial charge in [0.25, 0.3) is 5.91 Å². The van der Waals surface area contributed by atoms with E-state index in [0.717, 1.165) is 5.56 Å². The molecule has 148 valence electrons. The average molecular weight is 401 g/mol. The fraction of sp³-hybridized carbons (Fsp3) is 0.300. The molecule has 3 rings (SSSR count). The summed E-state index contributed by atoms with van der Waals surface area (Å²) >= 11 is 0. The van der Waals surface area contributed by atoms with E-state index in [-0.39, 0.29) is 23.5 Å². The number of hydrogen-bond donors (Lipinski definition) is 2. The number of nitrogens with one attached hydrogen (secondary N) is 2. The molecule has 1 atom stereocenters. The van der Waals surface area contributed by atoms with Gasteiger partial charge in [0, 0.05) is 30.9 Å². The highest BCUT2D eigenvalue weighted by atomic mass is 32.2. The summed E-state index contributed by atoms with van der Waals surface area (Å²) in [6.45, 7) is 0.480. The van der Waals surface area contributed by atoms with Gasteiger partial charge in [-0.15, -0.1) is 0 Å². The van der Waals surface area contributed by atoms with Crippen molar-refractivity contribution in [2.45, 2.75) is 19.0 Å². The summed E-state index contributed by atoms with van der Waals surface area (Å²) < 4.78 is 23.0. The van der Waals surface area contributed by atoms with Crippen LogP contribution in [0.5, 0.6) is 0 Å². The standard InChI is InChI=1S/C20H23N3O4S/c1-23(13-15-6-3-2-4-7-15)19(24)16-8-5-9-17(12-16)21-20(25)22-18-10-11-28(26,27)14-18/h2-9,12,18H,10-11,13-14H2,1H3,(H2,21,22,25)/t18-/m0/s1. The Kier molecular flexibility index (Phi) is 5.99. The number of hydrogen-bond acceptors (Lipinski definition) is 4. The fourth-order valence-corrected chi connectivity index (χ4v) is 4.81. The van der Waals surface area contributed by atoms with Gasteiger partial charge in [-0.1, -0.05) is 36.4 Å². The van der Waals surface area contributed by atoms with E-state index < -0.39 is 15.9 Å². The molecule has 1 saturated heterocycles. The Bertz CT molecular complexity index is 960. The predicted molar refractivity (Wildman–Crippen MR) is 108 cm³/mol. The van der Waals surface area contributed by atoms with E-state index in [0.29, 0.717) is 24.2 Å². The molecule has 0 saturated carbocycles. The van der Waals surface area contributed by atoms with Gasteiger partial charge in [0.15, 0.2) is 9.84 Å². The highest BCUT2D eigenvalue weighted by Gasteiger charge is 2.28. The molecule has 0 unspecified atom stereocenters. The predicted octanol–water partition coefficient (Wildman–Crippen LogP) is 2.27. The van der Waals surface area contributed by atoms with Gasteiger partial charge in [-0.25, -0.2) is 13.2 Å². The molecule has 1 heterocycles. The third-order valence-electron chi connectivity index (χ3n) is 4.54. The number of rotatable bonds is 5. The molecule has 1 aliphatic rings. The minimum atomic E-state index is -3.06. The van der Waals surface area contributed by atoms with Gasteiger partial charge in [-0.3, -0.25) is 4.79 Å². The summed E-state index contributed by atoms with van der Waals surface area (Å²) in [5, 5.41) is 5.33. The van der Waals surface area contributed by atoms with Crippen LogP contribution in [0.4, 0.5) is 10.5 Å². The minimum Gasteiger partial charge on any atom is -0.337 e. The number of carbonyl (C=O) groups is 2. The van der Waals surface area contributed by atoms with Crippen molar-refractivity contribution in [2.75, 3.05) is 23.9 Å². The van der Waals surface area contributed by atoms with E-state index in [2.05, 4.69) is 10.6 Å². The van der Waals surface area contributed by atoms with Gasteiger partial charge in [0.1, 0.15) is 0 Å². The molecule has 8 heteroatoms. The maximum absolute atomic E-state index is 12.7. The first-order chi connectivity index (χ1) is 13.3. The lowest BCUT2D eigenvalue weighted by atomic mass is 10.1. The van der Waals surface area contributed by atoms with Gasteiger partial charge < -0.3 is 15.5 Å². The number of carbonyl (C=O) groups excluding carboxylic acids is 2. The maximum atomic E-state index is 12.7. The van der Waals surface area contributed by atoms with E-state index >= 15 is 0 Å². The average Bonchev–Trinajstić information content (AvgIpc) is 3.00. The fourth-order valence-electron chi connectivity index (χ4n) is 3.14. The SMILES string of the molecule is CN(Cc1ccccc1)C(=O)c1cccc(NC(=O)N[C@H]2CCS(=O)(=O)C2)c1. The zero-order valence-electron chi connectivity index (χ0n) is 15.6. The maximum Gasteiger partial charge on any atom is 0.319 e. The largest absolute Gasteiger partial charge is 0.337 e. The molecule has 0 spiro atoms. The molecule has 2 aromatic carbocycles. The van der Waals surface area contributed by atoms with Gasteiger partial charge in [0.05, 0.1) is 11.5 Å². The summed E-state index contributed by atoms with van der Waals surface area (Å²) in [6, 6.07) is 15.5. The smallest absolute Gasteiger partial charge is 0.319 e. The molecule has 2 N–H and O–H groups in total. The van der Waals surface area contributed by atoms with Crippen molar-refractivity contribution in [1.29, 1.82) is 0 Å². The van der Waals surface area contributed by atoms with Gasteiger partial charge in [-0.05, 0) is 30.2 Å². The highest BCUT2D eigenvalue weighted by molar-refractivity contribution is 7.91. The molecule has 2 aromatic rings. The second-order valence-electron chi connectivity index (χ2n) is 6.93. The Morgan fingerprint density at radius 3 is 2.54 bits per heavy atom. The number of sulfone groups is 1. The van der Waals surface area contributed by atoms with E-state index in [1.54, 1.807) is 36.2 Å². The second kappa shape index (κ2) is 8.43. The lowest BCUT2D eigenvalue weighted by molar-refractivity contribution is 0.0785. The van der Waals surface area contributed by atoms with Crippen molar-refractivity contribution >= 4 is 27.5 Å². The molecule has 1 aliphatic heterocycles. The summed E-state index contributed by atoms with van der Waals surface area (Å²) in [6.07, 6.45) is 0.415. The van der Waals surface area contributed by atoms with Crippen LogP contribution in [0, 0.1) is 0 Å². The summed E-state index contributed by atoms with van der Waals surface area (Å²) in [5.74, 6) is -0.103. The van der Waals surface area contributed by atoms with Crippen LogP contribution in [0.1, 0.15) is 22.3 Å². The number of urea groups is 1. The van der Waals surface area contributed by atoms with Crippen molar-refractivity contribution < 1.29 is 18.0 Å². The van der Waals surface area contributed by atoms with E-state index in [9.17, 15) is 18.0 Å². The molecule has 1 fully saturated rings. The zero-order chi connectivity index (χ0) is 20.1. The van der Waals surface area contributed by atoms with Crippen LogP contribution in [0.25, 0.3) is 0 Å². The topological polar surface area (TPSA) is 95.6 Å². The van der Waals surface area contributed by atoms with Crippen LogP contribution in [0.2, 0.25) is 0 Å². The number of benzene rings is 2. The molecule has 0 bridgehead atoms. The lowest BCUT2D eigenvalue weighted by Gasteiger charge is -2.18. The van der Waals surface area contributed by atoms with Crippen molar-refractivity contribution in [3.05, 3.63) is 65.7 Å². The minimum absolute atomic E-state index is 0.0385. The monoisotopic (exact) mass is 401 g/mol.